The van der Waals surface area contributed by atoms with Crippen LogP contribution >= 0.6 is 0 Å². The summed E-state index contributed by atoms with van der Waals surface area (Å²) in [6.07, 6.45) is 5.19. The first-order valence-corrected chi connectivity index (χ1v) is 5.33. The minimum atomic E-state index is 0.207. The van der Waals surface area contributed by atoms with E-state index >= 15 is 0 Å². The maximum Gasteiger partial charge on any atom is 0.141 e. The van der Waals surface area contributed by atoms with Gasteiger partial charge in [-0.2, -0.15) is 0 Å². The zero-order valence-corrected chi connectivity index (χ0v) is 9.04. The highest BCUT2D eigenvalue weighted by Gasteiger charge is 2.07. The minimum Gasteiger partial charge on any atom is -0.506 e. The van der Waals surface area contributed by atoms with Crippen molar-refractivity contribution < 1.29 is 5.11 Å². The molecule has 0 fully saturated rings. The first-order chi connectivity index (χ1) is 8.36. The minimum absolute atomic E-state index is 0.207. The second-order valence-electron chi connectivity index (χ2n) is 3.77. The van der Waals surface area contributed by atoms with Crippen molar-refractivity contribution in [1.29, 1.82) is 0 Å². The molecule has 1 N–H and O–H groups in total. The fourth-order valence-corrected chi connectivity index (χ4v) is 1.94. The number of phenols is 1. The van der Waals surface area contributed by atoms with E-state index in [1.165, 1.54) is 0 Å². The molecule has 0 bridgehead atoms. The summed E-state index contributed by atoms with van der Waals surface area (Å²) in [5.74, 6) is 0.207. The van der Waals surface area contributed by atoms with Gasteiger partial charge in [-0.25, -0.2) is 0 Å². The molecule has 0 amide bonds. The summed E-state index contributed by atoms with van der Waals surface area (Å²) in [4.78, 5) is 8.20. The zero-order chi connectivity index (χ0) is 11.7. The van der Waals surface area contributed by atoms with Crippen LogP contribution in [0.15, 0.2) is 55.0 Å². The number of aromatic nitrogens is 2. The topological polar surface area (TPSA) is 46.0 Å². The lowest BCUT2D eigenvalue weighted by molar-refractivity contribution is 0.480. The van der Waals surface area contributed by atoms with Gasteiger partial charge in [-0.15, -0.1) is 0 Å². The van der Waals surface area contributed by atoms with Crippen LogP contribution in [0.4, 0.5) is 0 Å². The molecule has 0 aliphatic rings. The number of phenolic OH excluding ortho intramolecular Hbond substituents is 1. The largest absolute Gasteiger partial charge is 0.506 e. The lowest BCUT2D eigenvalue weighted by atomic mass is 10.0. The van der Waals surface area contributed by atoms with Gasteiger partial charge < -0.3 is 5.11 Å². The standard InChI is InChI=1S/C14H10N2O/c17-13-4-3-11(10-5-8-15-9-6-10)12-2-1-7-16-14(12)13/h1-9,17H. The molecular weight excluding hydrogens is 212 g/mol. The molecule has 1 aromatic carbocycles. The third-order valence-electron chi connectivity index (χ3n) is 2.74. The molecule has 0 radical (unpaired) electrons. The molecule has 3 heteroatoms. The molecule has 0 aliphatic carbocycles. The molecule has 2 aromatic heterocycles. The second kappa shape index (κ2) is 3.87. The number of fused-ring (bicyclic) bond motifs is 1. The Bertz CT molecular complexity index is 665. The van der Waals surface area contributed by atoms with Gasteiger partial charge in [0.15, 0.2) is 0 Å². The van der Waals surface area contributed by atoms with Crippen LogP contribution in [0.5, 0.6) is 5.75 Å². The van der Waals surface area contributed by atoms with Crippen LogP contribution in [0.1, 0.15) is 0 Å². The summed E-state index contributed by atoms with van der Waals surface area (Å²) < 4.78 is 0. The van der Waals surface area contributed by atoms with E-state index in [1.807, 2.05) is 30.3 Å². The van der Waals surface area contributed by atoms with Crippen molar-refractivity contribution in [3.63, 3.8) is 0 Å². The van der Waals surface area contributed by atoms with Crippen LogP contribution in [0.2, 0.25) is 0 Å². The summed E-state index contributed by atoms with van der Waals surface area (Å²) in [5, 5.41) is 10.7. The lowest BCUT2D eigenvalue weighted by Gasteiger charge is -2.07. The maximum atomic E-state index is 9.77. The Morgan fingerprint density at radius 2 is 1.71 bits per heavy atom. The predicted molar refractivity (Wildman–Crippen MR) is 66.6 cm³/mol. The highest BCUT2D eigenvalue weighted by atomic mass is 16.3. The van der Waals surface area contributed by atoms with E-state index in [2.05, 4.69) is 9.97 Å². The molecule has 0 unspecified atom stereocenters. The van der Waals surface area contributed by atoms with Crippen molar-refractivity contribution in [2.45, 2.75) is 0 Å². The third-order valence-corrected chi connectivity index (χ3v) is 2.74. The lowest BCUT2D eigenvalue weighted by Crippen LogP contribution is -1.84. The molecule has 17 heavy (non-hydrogen) atoms. The van der Waals surface area contributed by atoms with Crippen LogP contribution in [0.3, 0.4) is 0 Å². The second-order valence-corrected chi connectivity index (χ2v) is 3.77. The van der Waals surface area contributed by atoms with Gasteiger partial charge in [0.2, 0.25) is 0 Å². The number of hydrogen-bond donors (Lipinski definition) is 1. The average Bonchev–Trinajstić information content (AvgIpc) is 2.41. The molecule has 0 saturated heterocycles. The molecule has 0 atom stereocenters. The number of rotatable bonds is 1. The number of benzene rings is 1. The Hall–Kier alpha value is -2.42. The van der Waals surface area contributed by atoms with Gasteiger partial charge in [0, 0.05) is 24.0 Å². The van der Waals surface area contributed by atoms with E-state index in [1.54, 1.807) is 24.7 Å². The summed E-state index contributed by atoms with van der Waals surface area (Å²) in [5.41, 5.74) is 2.74. The maximum absolute atomic E-state index is 9.77. The Morgan fingerprint density at radius 3 is 2.53 bits per heavy atom. The van der Waals surface area contributed by atoms with E-state index in [-0.39, 0.29) is 5.75 Å². The molecule has 3 aromatic rings. The monoisotopic (exact) mass is 222 g/mol. The molecule has 0 spiro atoms. The van der Waals surface area contributed by atoms with Gasteiger partial charge in [0.05, 0.1) is 0 Å². The quantitative estimate of drug-likeness (QED) is 0.688. The summed E-state index contributed by atoms with van der Waals surface area (Å²) >= 11 is 0. The summed E-state index contributed by atoms with van der Waals surface area (Å²) in [7, 11) is 0. The highest BCUT2D eigenvalue weighted by molar-refractivity contribution is 5.97. The first kappa shape index (κ1) is 9.78. The van der Waals surface area contributed by atoms with Crippen LogP contribution in [0, 0.1) is 0 Å². The van der Waals surface area contributed by atoms with E-state index in [0.29, 0.717) is 5.52 Å². The van der Waals surface area contributed by atoms with Gasteiger partial charge in [-0.05, 0) is 41.5 Å². The molecular formula is C14H10N2O. The van der Waals surface area contributed by atoms with Crippen molar-refractivity contribution in [1.82, 2.24) is 9.97 Å². The van der Waals surface area contributed by atoms with Crippen LogP contribution in [-0.4, -0.2) is 15.1 Å². The Morgan fingerprint density at radius 1 is 0.882 bits per heavy atom. The SMILES string of the molecule is Oc1ccc(-c2ccncc2)c2cccnc12. The van der Waals surface area contributed by atoms with E-state index in [9.17, 15) is 5.11 Å². The van der Waals surface area contributed by atoms with E-state index in [4.69, 9.17) is 0 Å². The van der Waals surface area contributed by atoms with Gasteiger partial charge >= 0.3 is 0 Å². The third kappa shape index (κ3) is 1.61. The Balaban J connectivity index is 2.35. The van der Waals surface area contributed by atoms with Crippen LogP contribution < -0.4 is 0 Å². The zero-order valence-electron chi connectivity index (χ0n) is 9.04. The van der Waals surface area contributed by atoms with E-state index < -0.39 is 0 Å². The average molecular weight is 222 g/mol. The molecule has 3 rings (SSSR count). The van der Waals surface area contributed by atoms with Gasteiger partial charge in [0.1, 0.15) is 11.3 Å². The Kier molecular flexibility index (Phi) is 2.22. The fraction of sp³-hybridized carbons (Fsp3) is 0. The summed E-state index contributed by atoms with van der Waals surface area (Å²) in [6, 6.07) is 11.3. The first-order valence-electron chi connectivity index (χ1n) is 5.33. The van der Waals surface area contributed by atoms with Gasteiger partial charge in [0.25, 0.3) is 0 Å². The molecule has 82 valence electrons. The van der Waals surface area contributed by atoms with Crippen LogP contribution in [-0.2, 0) is 0 Å². The molecule has 0 saturated carbocycles. The van der Waals surface area contributed by atoms with E-state index in [0.717, 1.165) is 16.5 Å². The summed E-state index contributed by atoms with van der Waals surface area (Å²) in [6.45, 7) is 0. The smallest absolute Gasteiger partial charge is 0.141 e. The van der Waals surface area contributed by atoms with Crippen molar-refractivity contribution in [3.05, 3.63) is 55.0 Å². The number of aromatic hydroxyl groups is 1. The number of hydrogen-bond acceptors (Lipinski definition) is 3. The fourth-order valence-electron chi connectivity index (χ4n) is 1.94. The highest BCUT2D eigenvalue weighted by Crippen LogP contribution is 2.31. The van der Waals surface area contributed by atoms with Crippen molar-refractivity contribution in [2.24, 2.45) is 0 Å². The van der Waals surface area contributed by atoms with Crippen molar-refractivity contribution in [2.75, 3.05) is 0 Å². The number of nitrogens with zero attached hydrogens (tertiary/aromatic N) is 2. The molecule has 3 nitrogen and oxygen atoms in total. The van der Waals surface area contributed by atoms with Crippen molar-refractivity contribution in [3.8, 4) is 16.9 Å². The number of pyridine rings is 2. The van der Waals surface area contributed by atoms with Gasteiger partial charge in [-0.3, -0.25) is 9.97 Å². The van der Waals surface area contributed by atoms with Gasteiger partial charge in [-0.1, -0.05) is 6.07 Å². The molecule has 2 heterocycles. The Labute approximate surface area is 98.4 Å². The predicted octanol–water partition coefficient (Wildman–Crippen LogP) is 3.00. The van der Waals surface area contributed by atoms with Crippen LogP contribution in [0.25, 0.3) is 22.0 Å². The molecule has 0 aliphatic heterocycles. The van der Waals surface area contributed by atoms with Crippen molar-refractivity contribution >= 4 is 10.9 Å². The normalized spacial score (nSPS) is 10.6.